The zero-order valence-electron chi connectivity index (χ0n) is 8.44. The standard InChI is InChI=1S/C12H16OS/c1-7-8(5-6-14-7)12(13)11-9-3-2-4-10(9)11/h5-6,9-13H,2-4H2,1H3. The molecule has 1 aromatic rings. The summed E-state index contributed by atoms with van der Waals surface area (Å²) in [5.74, 6) is 2.30. The van der Waals surface area contributed by atoms with Crippen LogP contribution in [0.4, 0.5) is 0 Å². The lowest BCUT2D eigenvalue weighted by Crippen LogP contribution is -2.04. The predicted molar refractivity (Wildman–Crippen MR) is 58.3 cm³/mol. The van der Waals surface area contributed by atoms with Crippen LogP contribution >= 0.6 is 11.3 Å². The fourth-order valence-corrected chi connectivity index (χ4v) is 4.00. The number of hydrogen-bond donors (Lipinski definition) is 1. The Bertz CT molecular complexity index is 334. The van der Waals surface area contributed by atoms with Gasteiger partial charge in [-0.1, -0.05) is 6.42 Å². The Balaban J connectivity index is 1.78. The minimum absolute atomic E-state index is 0.170. The molecule has 2 saturated carbocycles. The Morgan fingerprint density at radius 3 is 2.71 bits per heavy atom. The van der Waals surface area contributed by atoms with Crippen molar-refractivity contribution in [3.8, 4) is 0 Å². The molecule has 0 aliphatic heterocycles. The van der Waals surface area contributed by atoms with Crippen molar-refractivity contribution in [3.63, 3.8) is 0 Å². The van der Waals surface area contributed by atoms with Crippen LogP contribution in [0.1, 0.15) is 35.8 Å². The molecular formula is C12H16OS. The molecule has 1 N–H and O–H groups in total. The van der Waals surface area contributed by atoms with Crippen molar-refractivity contribution in [2.75, 3.05) is 0 Å². The van der Waals surface area contributed by atoms with Crippen LogP contribution in [0.5, 0.6) is 0 Å². The summed E-state index contributed by atoms with van der Waals surface area (Å²) < 4.78 is 0. The van der Waals surface area contributed by atoms with Gasteiger partial charge in [0.1, 0.15) is 0 Å². The van der Waals surface area contributed by atoms with Crippen molar-refractivity contribution in [2.24, 2.45) is 17.8 Å². The quantitative estimate of drug-likeness (QED) is 0.791. The van der Waals surface area contributed by atoms with Crippen molar-refractivity contribution in [3.05, 3.63) is 21.9 Å². The van der Waals surface area contributed by atoms with Gasteiger partial charge < -0.3 is 5.11 Å². The molecule has 1 heterocycles. The van der Waals surface area contributed by atoms with Gasteiger partial charge in [-0.2, -0.15) is 0 Å². The van der Waals surface area contributed by atoms with Gasteiger partial charge >= 0.3 is 0 Å². The Hall–Kier alpha value is -0.340. The fraction of sp³-hybridized carbons (Fsp3) is 0.667. The van der Waals surface area contributed by atoms with E-state index in [1.165, 1.54) is 29.7 Å². The van der Waals surface area contributed by atoms with Crippen LogP contribution in [-0.2, 0) is 0 Å². The number of rotatable bonds is 2. The number of aryl methyl sites for hydroxylation is 1. The average Bonchev–Trinajstić information content (AvgIpc) is 2.57. The average molecular weight is 208 g/mol. The van der Waals surface area contributed by atoms with Crippen LogP contribution in [0.3, 0.4) is 0 Å². The summed E-state index contributed by atoms with van der Waals surface area (Å²) in [4.78, 5) is 1.29. The van der Waals surface area contributed by atoms with E-state index in [4.69, 9.17) is 0 Å². The Morgan fingerprint density at radius 1 is 1.43 bits per heavy atom. The molecule has 3 unspecified atom stereocenters. The van der Waals surface area contributed by atoms with Crippen molar-refractivity contribution in [2.45, 2.75) is 32.3 Å². The van der Waals surface area contributed by atoms with E-state index < -0.39 is 0 Å². The lowest BCUT2D eigenvalue weighted by Gasteiger charge is -2.12. The summed E-state index contributed by atoms with van der Waals surface area (Å²) in [6, 6.07) is 2.10. The third-order valence-electron chi connectivity index (χ3n) is 4.05. The molecule has 3 atom stereocenters. The smallest absolute Gasteiger partial charge is 0.0834 e. The Kier molecular flexibility index (Phi) is 1.96. The largest absolute Gasteiger partial charge is 0.388 e. The fourth-order valence-electron chi connectivity index (χ4n) is 3.25. The molecule has 76 valence electrons. The van der Waals surface area contributed by atoms with Gasteiger partial charge in [0.05, 0.1) is 6.10 Å². The normalized spacial score (nSPS) is 36.9. The molecule has 0 aromatic carbocycles. The lowest BCUT2D eigenvalue weighted by atomic mass is 10.0. The molecule has 3 rings (SSSR count). The highest BCUT2D eigenvalue weighted by molar-refractivity contribution is 7.10. The summed E-state index contributed by atoms with van der Waals surface area (Å²) in [7, 11) is 0. The third-order valence-corrected chi connectivity index (χ3v) is 4.92. The number of aliphatic hydroxyl groups is 1. The lowest BCUT2D eigenvalue weighted by molar-refractivity contribution is 0.137. The van der Waals surface area contributed by atoms with Crippen LogP contribution in [-0.4, -0.2) is 5.11 Å². The Morgan fingerprint density at radius 2 is 2.14 bits per heavy atom. The van der Waals surface area contributed by atoms with E-state index in [-0.39, 0.29) is 6.10 Å². The molecule has 2 heteroatoms. The highest BCUT2D eigenvalue weighted by Gasteiger charge is 2.56. The molecule has 0 bridgehead atoms. The van der Waals surface area contributed by atoms with Crippen LogP contribution in [0.2, 0.25) is 0 Å². The van der Waals surface area contributed by atoms with Gasteiger partial charge in [0.25, 0.3) is 0 Å². The maximum atomic E-state index is 10.2. The summed E-state index contributed by atoms with van der Waals surface area (Å²) in [5.41, 5.74) is 1.19. The predicted octanol–water partition coefficient (Wildman–Crippen LogP) is 3.14. The molecule has 14 heavy (non-hydrogen) atoms. The SMILES string of the molecule is Cc1sccc1C(O)C1C2CCCC21. The molecule has 0 radical (unpaired) electrons. The second kappa shape index (κ2) is 3.07. The number of aliphatic hydroxyl groups excluding tert-OH is 1. The molecule has 0 saturated heterocycles. The first-order valence-electron chi connectivity index (χ1n) is 5.51. The third kappa shape index (κ3) is 1.17. The first kappa shape index (κ1) is 8.93. The summed E-state index contributed by atoms with van der Waals surface area (Å²) in [6.07, 6.45) is 3.93. The van der Waals surface area contributed by atoms with Crippen molar-refractivity contribution in [1.29, 1.82) is 0 Å². The van der Waals surface area contributed by atoms with Crippen molar-refractivity contribution >= 4 is 11.3 Å². The summed E-state index contributed by atoms with van der Waals surface area (Å²) in [5, 5.41) is 12.3. The van der Waals surface area contributed by atoms with Gasteiger partial charge in [0.15, 0.2) is 0 Å². The minimum atomic E-state index is -0.170. The maximum Gasteiger partial charge on any atom is 0.0834 e. The summed E-state index contributed by atoms with van der Waals surface area (Å²) in [6.45, 7) is 2.11. The first-order chi connectivity index (χ1) is 6.79. The van der Waals surface area contributed by atoms with Gasteiger partial charge in [0.2, 0.25) is 0 Å². The number of fused-ring (bicyclic) bond motifs is 1. The molecule has 2 aliphatic carbocycles. The zero-order valence-corrected chi connectivity index (χ0v) is 9.26. The van der Waals surface area contributed by atoms with E-state index in [1.807, 2.05) is 0 Å². The highest BCUT2D eigenvalue weighted by atomic mass is 32.1. The van der Waals surface area contributed by atoms with E-state index in [1.54, 1.807) is 11.3 Å². The van der Waals surface area contributed by atoms with Crippen LogP contribution < -0.4 is 0 Å². The molecule has 2 aliphatic rings. The molecule has 1 aromatic heterocycles. The Labute approximate surface area is 88.8 Å². The second-order valence-electron chi connectivity index (χ2n) is 4.71. The molecule has 2 fully saturated rings. The topological polar surface area (TPSA) is 20.2 Å². The summed E-state index contributed by atoms with van der Waals surface area (Å²) >= 11 is 1.75. The van der Waals surface area contributed by atoms with Crippen LogP contribution in [0, 0.1) is 24.7 Å². The molecule has 0 amide bonds. The first-order valence-corrected chi connectivity index (χ1v) is 6.39. The zero-order chi connectivity index (χ0) is 9.71. The second-order valence-corrected chi connectivity index (χ2v) is 5.83. The van der Waals surface area contributed by atoms with Crippen LogP contribution in [0.25, 0.3) is 0 Å². The minimum Gasteiger partial charge on any atom is -0.388 e. The van der Waals surface area contributed by atoms with Gasteiger partial charge in [-0.3, -0.25) is 0 Å². The molecule has 1 nitrogen and oxygen atoms in total. The van der Waals surface area contributed by atoms with Gasteiger partial charge in [-0.25, -0.2) is 0 Å². The van der Waals surface area contributed by atoms with E-state index >= 15 is 0 Å². The van der Waals surface area contributed by atoms with Crippen LogP contribution in [0.15, 0.2) is 11.4 Å². The number of thiophene rings is 1. The molecular weight excluding hydrogens is 192 g/mol. The van der Waals surface area contributed by atoms with Gasteiger partial charge in [0, 0.05) is 4.88 Å². The van der Waals surface area contributed by atoms with E-state index in [9.17, 15) is 5.11 Å². The van der Waals surface area contributed by atoms with E-state index in [0.717, 1.165) is 11.8 Å². The maximum absolute atomic E-state index is 10.2. The van der Waals surface area contributed by atoms with Crippen molar-refractivity contribution < 1.29 is 5.11 Å². The van der Waals surface area contributed by atoms with E-state index in [0.29, 0.717) is 5.92 Å². The van der Waals surface area contributed by atoms with Gasteiger partial charge in [-0.15, -0.1) is 11.3 Å². The molecule has 0 spiro atoms. The number of hydrogen-bond acceptors (Lipinski definition) is 2. The monoisotopic (exact) mass is 208 g/mol. The van der Waals surface area contributed by atoms with Crippen molar-refractivity contribution in [1.82, 2.24) is 0 Å². The van der Waals surface area contributed by atoms with Gasteiger partial charge in [-0.05, 0) is 54.5 Å². The van der Waals surface area contributed by atoms with E-state index in [2.05, 4.69) is 18.4 Å². The highest BCUT2D eigenvalue weighted by Crippen LogP contribution is 2.62.